The first-order valence-corrected chi connectivity index (χ1v) is 9.06. The van der Waals surface area contributed by atoms with Crippen LogP contribution in [0.5, 0.6) is 0 Å². The van der Waals surface area contributed by atoms with Crippen molar-refractivity contribution < 1.29 is 4.42 Å². The van der Waals surface area contributed by atoms with E-state index in [-0.39, 0.29) is 6.04 Å². The lowest BCUT2D eigenvalue weighted by Gasteiger charge is -2.36. The Balaban J connectivity index is 1.69. The van der Waals surface area contributed by atoms with E-state index in [9.17, 15) is 0 Å². The lowest BCUT2D eigenvalue weighted by atomic mass is 9.94. The summed E-state index contributed by atoms with van der Waals surface area (Å²) in [6.45, 7) is 4.63. The van der Waals surface area contributed by atoms with Crippen LogP contribution in [0.25, 0.3) is 5.78 Å². The molecule has 0 saturated heterocycles. The molecule has 5 rings (SSSR count). The van der Waals surface area contributed by atoms with Gasteiger partial charge in [-0.2, -0.15) is 14.6 Å². The van der Waals surface area contributed by atoms with Gasteiger partial charge in [0.25, 0.3) is 5.78 Å². The van der Waals surface area contributed by atoms with Gasteiger partial charge in [0.1, 0.15) is 18.2 Å². The topological polar surface area (TPSA) is 85.2 Å². The summed E-state index contributed by atoms with van der Waals surface area (Å²) in [5.41, 5.74) is 3.56. The Labute approximate surface area is 155 Å². The smallest absolute Gasteiger partial charge is 0.254 e. The molecule has 0 spiro atoms. The van der Waals surface area contributed by atoms with Gasteiger partial charge in [-0.15, -0.1) is 10.2 Å². The molecule has 4 heterocycles. The zero-order chi connectivity index (χ0) is 18.4. The Hall–Kier alpha value is -3.29. The number of hydrogen-bond acceptors (Lipinski definition) is 7. The van der Waals surface area contributed by atoms with E-state index in [1.165, 1.54) is 17.5 Å². The van der Waals surface area contributed by atoms with Crippen molar-refractivity contribution in [2.24, 2.45) is 0 Å². The van der Waals surface area contributed by atoms with Crippen molar-refractivity contribution in [3.63, 3.8) is 0 Å². The minimum Gasteiger partial charge on any atom is -0.423 e. The first-order valence-electron chi connectivity index (χ1n) is 9.06. The molecule has 4 aromatic rings. The zero-order valence-corrected chi connectivity index (χ0v) is 15.2. The van der Waals surface area contributed by atoms with Gasteiger partial charge in [0.05, 0.1) is 0 Å². The highest BCUT2D eigenvalue weighted by molar-refractivity contribution is 5.51. The van der Waals surface area contributed by atoms with Crippen LogP contribution in [-0.2, 0) is 19.4 Å². The summed E-state index contributed by atoms with van der Waals surface area (Å²) in [7, 11) is 0. The molecule has 0 saturated carbocycles. The number of aryl methyl sites for hydroxylation is 2. The second-order valence-electron chi connectivity index (χ2n) is 6.71. The van der Waals surface area contributed by atoms with Crippen LogP contribution in [0.1, 0.15) is 41.6 Å². The molecule has 8 heteroatoms. The highest BCUT2D eigenvalue weighted by Crippen LogP contribution is 2.36. The van der Waals surface area contributed by atoms with Gasteiger partial charge in [0, 0.05) is 31.6 Å². The Bertz CT molecular complexity index is 1120. The third kappa shape index (κ3) is 2.64. The highest BCUT2D eigenvalue weighted by Gasteiger charge is 2.33. The zero-order valence-electron chi connectivity index (χ0n) is 15.2. The average Bonchev–Trinajstić information content (AvgIpc) is 3.34. The fraction of sp³-hybridized carbons (Fsp3) is 0.316. The van der Waals surface area contributed by atoms with E-state index in [0.717, 1.165) is 30.9 Å². The van der Waals surface area contributed by atoms with Crippen LogP contribution in [0.3, 0.4) is 0 Å². The summed E-state index contributed by atoms with van der Waals surface area (Å²) in [6.07, 6.45) is 3.15. The average molecular weight is 361 g/mol. The van der Waals surface area contributed by atoms with E-state index in [1.807, 2.05) is 6.92 Å². The van der Waals surface area contributed by atoms with Crippen molar-refractivity contribution in [2.45, 2.75) is 39.3 Å². The molecule has 0 fully saturated rings. The van der Waals surface area contributed by atoms with E-state index in [2.05, 4.69) is 67.4 Å². The Morgan fingerprint density at radius 3 is 2.81 bits per heavy atom. The minimum atomic E-state index is -0.0689. The predicted molar refractivity (Wildman–Crippen MR) is 98.3 cm³/mol. The second-order valence-corrected chi connectivity index (χ2v) is 6.71. The Morgan fingerprint density at radius 2 is 2.04 bits per heavy atom. The molecule has 0 N–H and O–H groups in total. The van der Waals surface area contributed by atoms with Crippen molar-refractivity contribution >= 4 is 11.6 Å². The Morgan fingerprint density at radius 1 is 1.19 bits per heavy atom. The Kier molecular flexibility index (Phi) is 3.63. The molecule has 1 atom stereocenters. The summed E-state index contributed by atoms with van der Waals surface area (Å²) in [4.78, 5) is 11.1. The second kappa shape index (κ2) is 6.15. The van der Waals surface area contributed by atoms with Gasteiger partial charge in [0.15, 0.2) is 0 Å². The normalized spacial score (nSPS) is 16.7. The number of nitrogens with zero attached hydrogens (tertiary/aromatic N) is 7. The number of anilines is 1. The molecular formula is C19H19N7O. The highest BCUT2D eigenvalue weighted by atomic mass is 16.4. The fourth-order valence-corrected chi connectivity index (χ4v) is 3.66. The summed E-state index contributed by atoms with van der Waals surface area (Å²) in [5, 5.41) is 12.7. The van der Waals surface area contributed by atoms with Crippen molar-refractivity contribution in [2.75, 3.05) is 4.90 Å². The van der Waals surface area contributed by atoms with E-state index in [1.54, 1.807) is 4.52 Å². The molecule has 1 aromatic carbocycles. The molecule has 1 aliphatic heterocycles. The third-order valence-corrected chi connectivity index (χ3v) is 5.02. The summed E-state index contributed by atoms with van der Waals surface area (Å²) >= 11 is 0. The van der Waals surface area contributed by atoms with Crippen LogP contribution >= 0.6 is 0 Å². The van der Waals surface area contributed by atoms with Crippen molar-refractivity contribution in [1.29, 1.82) is 0 Å². The molecule has 0 radical (unpaired) electrons. The minimum absolute atomic E-state index is 0.0689. The maximum atomic E-state index is 5.82. The molecule has 1 aliphatic rings. The quantitative estimate of drug-likeness (QED) is 0.554. The number of hydrogen-bond donors (Lipinski definition) is 0. The monoisotopic (exact) mass is 361 g/mol. The summed E-state index contributed by atoms with van der Waals surface area (Å²) in [6, 6.07) is 10.5. The molecule has 0 bridgehead atoms. The molecular weight excluding hydrogens is 342 g/mol. The third-order valence-electron chi connectivity index (χ3n) is 5.02. The SMILES string of the molecule is CCc1cc(N2Cc3ccccc3C[C@H]2c2nnc(C)o2)n2ncnc2n1. The standard InChI is InChI=1S/C19H19N7O/c1-3-15-9-17(26-19(22-15)20-11-21-26)25-10-14-7-5-4-6-13(14)8-16(25)18-24-23-12(2)27-18/h4-7,9,11,16H,3,8,10H2,1-2H3/t16-/m0/s1. The summed E-state index contributed by atoms with van der Waals surface area (Å²) < 4.78 is 7.60. The van der Waals surface area contributed by atoms with E-state index >= 15 is 0 Å². The molecule has 136 valence electrons. The molecule has 0 unspecified atom stereocenters. The van der Waals surface area contributed by atoms with Gasteiger partial charge in [-0.1, -0.05) is 31.2 Å². The lowest BCUT2D eigenvalue weighted by Crippen LogP contribution is -2.36. The number of rotatable bonds is 3. The molecule has 0 amide bonds. The maximum absolute atomic E-state index is 5.82. The van der Waals surface area contributed by atoms with E-state index in [0.29, 0.717) is 17.6 Å². The van der Waals surface area contributed by atoms with Gasteiger partial charge in [-0.3, -0.25) is 0 Å². The van der Waals surface area contributed by atoms with Crippen LogP contribution in [0.15, 0.2) is 41.1 Å². The van der Waals surface area contributed by atoms with Crippen molar-refractivity contribution in [3.8, 4) is 0 Å². The van der Waals surface area contributed by atoms with Crippen LogP contribution in [0.4, 0.5) is 5.82 Å². The first kappa shape index (κ1) is 15.9. The van der Waals surface area contributed by atoms with Gasteiger partial charge in [0.2, 0.25) is 11.8 Å². The molecule has 8 nitrogen and oxygen atoms in total. The predicted octanol–water partition coefficient (Wildman–Crippen LogP) is 2.68. The van der Waals surface area contributed by atoms with Gasteiger partial charge < -0.3 is 9.32 Å². The maximum Gasteiger partial charge on any atom is 0.254 e. The number of fused-ring (bicyclic) bond motifs is 2. The molecule has 0 aliphatic carbocycles. The van der Waals surface area contributed by atoms with Gasteiger partial charge >= 0.3 is 0 Å². The van der Waals surface area contributed by atoms with Gasteiger partial charge in [-0.05, 0) is 17.5 Å². The number of benzene rings is 1. The fourth-order valence-electron chi connectivity index (χ4n) is 3.66. The van der Waals surface area contributed by atoms with Crippen molar-refractivity contribution in [3.05, 3.63) is 65.3 Å². The largest absolute Gasteiger partial charge is 0.423 e. The number of aromatic nitrogens is 6. The van der Waals surface area contributed by atoms with Crippen LogP contribution in [-0.4, -0.2) is 29.8 Å². The van der Waals surface area contributed by atoms with Crippen molar-refractivity contribution in [1.82, 2.24) is 29.8 Å². The van der Waals surface area contributed by atoms with Crippen LogP contribution in [0, 0.1) is 6.92 Å². The summed E-state index contributed by atoms with van der Waals surface area (Å²) in [5.74, 6) is 2.72. The van der Waals surface area contributed by atoms with E-state index < -0.39 is 0 Å². The molecule has 3 aromatic heterocycles. The van der Waals surface area contributed by atoms with Crippen LogP contribution in [0.2, 0.25) is 0 Å². The lowest BCUT2D eigenvalue weighted by molar-refractivity contribution is 0.402. The molecule has 27 heavy (non-hydrogen) atoms. The van der Waals surface area contributed by atoms with Crippen LogP contribution < -0.4 is 4.90 Å². The van der Waals surface area contributed by atoms with E-state index in [4.69, 9.17) is 4.42 Å². The first-order chi connectivity index (χ1) is 13.2. The van der Waals surface area contributed by atoms with Gasteiger partial charge in [-0.25, -0.2) is 4.98 Å².